The normalized spacial score (nSPS) is 22.1. The van der Waals surface area contributed by atoms with E-state index in [2.05, 4.69) is 19.8 Å². The van der Waals surface area contributed by atoms with Gasteiger partial charge in [0.15, 0.2) is 11.6 Å². The largest absolute Gasteiger partial charge is 0.573 e. The van der Waals surface area contributed by atoms with Gasteiger partial charge in [-0.05, 0) is 75.6 Å². The van der Waals surface area contributed by atoms with Crippen molar-refractivity contribution in [3.8, 4) is 34.0 Å². The molecule has 2 spiro atoms. The minimum Gasteiger partial charge on any atom is -0.405 e. The van der Waals surface area contributed by atoms with Crippen LogP contribution in [0.1, 0.15) is 112 Å². The molecule has 0 unspecified atom stereocenters. The van der Waals surface area contributed by atoms with Crippen LogP contribution in [-0.2, 0) is 36.2 Å². The van der Waals surface area contributed by atoms with Crippen molar-refractivity contribution in [2.75, 3.05) is 26.4 Å². The highest BCUT2D eigenvalue weighted by molar-refractivity contribution is 6.17. The second kappa shape index (κ2) is 19.3. The molecule has 6 aliphatic rings. The number of hydrogen-bond donors (Lipinski definition) is 1. The van der Waals surface area contributed by atoms with Crippen LogP contribution < -0.4 is 9.47 Å². The van der Waals surface area contributed by atoms with E-state index in [1.807, 2.05) is 0 Å². The number of para-hydroxylation sites is 2. The predicted molar refractivity (Wildman–Crippen MR) is 212 cm³/mol. The lowest BCUT2D eigenvalue weighted by atomic mass is 9.91. The van der Waals surface area contributed by atoms with Gasteiger partial charge in [-0.15, -0.1) is 37.9 Å². The third-order valence-corrected chi connectivity index (χ3v) is 12.2. The van der Waals surface area contributed by atoms with Crippen LogP contribution in [-0.4, -0.2) is 78.4 Å². The molecule has 12 nitrogen and oxygen atoms in total. The van der Waals surface area contributed by atoms with E-state index in [-0.39, 0.29) is 64.9 Å². The molecule has 4 heterocycles. The molecule has 344 valence electrons. The highest BCUT2D eigenvalue weighted by Crippen LogP contribution is 2.48. The fourth-order valence-corrected chi connectivity index (χ4v) is 8.69. The topological polar surface area (TPSA) is 137 Å². The van der Waals surface area contributed by atoms with E-state index < -0.39 is 18.5 Å². The minimum absolute atomic E-state index is 0.0231. The van der Waals surface area contributed by atoms with Crippen molar-refractivity contribution in [3.05, 3.63) is 71.2 Å². The zero-order valence-corrected chi connectivity index (χ0v) is 35.1. The van der Waals surface area contributed by atoms with Gasteiger partial charge in [0.25, 0.3) is 0 Å². The smallest absolute Gasteiger partial charge is 0.405 e. The fraction of sp³-hybridized carbons (Fsp3) is 0.591. The van der Waals surface area contributed by atoms with Crippen LogP contribution in [0.5, 0.6) is 11.5 Å². The summed E-state index contributed by atoms with van der Waals surface area (Å²) >= 11 is 5.92. The summed E-state index contributed by atoms with van der Waals surface area (Å²) in [6.07, 6.45) is 0.742. The number of aliphatic hydroxyl groups excluding tert-OH is 1. The van der Waals surface area contributed by atoms with Gasteiger partial charge >= 0.3 is 12.7 Å². The summed E-state index contributed by atoms with van der Waals surface area (Å²) in [6, 6.07) is 11.8. The number of hydrogen-bond acceptors (Lipinski definition) is 12. The molecule has 6 fully saturated rings. The maximum atomic E-state index is 12.9. The lowest BCUT2D eigenvalue weighted by Gasteiger charge is -2.35. The Kier molecular flexibility index (Phi) is 14.0. The first-order valence-electron chi connectivity index (χ1n) is 21.3. The van der Waals surface area contributed by atoms with E-state index in [1.54, 1.807) is 18.2 Å². The molecule has 2 aromatic carbocycles. The molecule has 1 N–H and O–H groups in total. The molecule has 19 heteroatoms. The van der Waals surface area contributed by atoms with E-state index in [1.165, 1.54) is 30.3 Å². The Balaban J connectivity index is 0.000000146. The molecule has 0 bridgehead atoms. The summed E-state index contributed by atoms with van der Waals surface area (Å²) in [5.74, 6) is 0.628. The molecule has 0 radical (unpaired) electrons. The fourth-order valence-electron chi connectivity index (χ4n) is 8.43. The zero-order valence-electron chi connectivity index (χ0n) is 34.3. The van der Waals surface area contributed by atoms with Crippen LogP contribution in [0.3, 0.4) is 0 Å². The van der Waals surface area contributed by atoms with Crippen molar-refractivity contribution in [3.63, 3.8) is 0 Å². The third kappa shape index (κ3) is 11.7. The first kappa shape index (κ1) is 45.7. The number of benzene rings is 2. The standard InChI is InChI=1S/C22H24F3NO5.C14H11ClF3NO2.C8H14O3/c23-22(24,25)30-18-4-2-1-3-16(18)19-17(20(31-26-19)14-5-6-14)13-27-15-7-9-21(10-8-15)28-11-12-29-21;15-7-10-12(19-21-13(10)8-5-6-8)9-3-1-2-4-11(9)20-14(16,17)18;9-7-1-3-8(4-2-7)10-5-6-11-8/h1-4,14-15H,5-13H2;1-4,8H,5-7H2;7,9H,1-6H2. The van der Waals surface area contributed by atoms with Crippen LogP contribution in [0.25, 0.3) is 22.5 Å². The number of rotatable bonds is 10. The first-order chi connectivity index (χ1) is 30.2. The minimum atomic E-state index is -4.79. The number of halogens is 7. The van der Waals surface area contributed by atoms with Crippen molar-refractivity contribution in [2.45, 2.75) is 138 Å². The molecular formula is C44H49ClF6N2O10. The summed E-state index contributed by atoms with van der Waals surface area (Å²) in [5, 5.41) is 17.3. The number of alkyl halides is 7. The Morgan fingerprint density at radius 3 is 1.44 bits per heavy atom. The highest BCUT2D eigenvalue weighted by atomic mass is 35.5. The molecule has 4 aromatic rings. The number of nitrogens with zero attached hydrogens (tertiary/aromatic N) is 2. The van der Waals surface area contributed by atoms with E-state index in [9.17, 15) is 31.4 Å². The molecule has 4 aliphatic carbocycles. The van der Waals surface area contributed by atoms with Crippen LogP contribution in [0.4, 0.5) is 26.3 Å². The second-order valence-corrected chi connectivity index (χ2v) is 16.7. The molecule has 4 saturated carbocycles. The van der Waals surface area contributed by atoms with Gasteiger partial charge in [-0.1, -0.05) is 34.6 Å². The summed E-state index contributed by atoms with van der Waals surface area (Å²) in [4.78, 5) is 0. The van der Waals surface area contributed by atoms with Crippen LogP contribution in [0.15, 0.2) is 57.6 Å². The maximum absolute atomic E-state index is 12.9. The quantitative estimate of drug-likeness (QED) is 0.120. The molecule has 2 saturated heterocycles. The Morgan fingerprint density at radius 2 is 1.02 bits per heavy atom. The van der Waals surface area contributed by atoms with Crippen molar-refractivity contribution in [2.24, 2.45) is 0 Å². The van der Waals surface area contributed by atoms with Crippen molar-refractivity contribution in [1.29, 1.82) is 0 Å². The number of aliphatic hydroxyl groups is 1. The molecule has 0 amide bonds. The van der Waals surface area contributed by atoms with Crippen molar-refractivity contribution in [1.82, 2.24) is 10.3 Å². The van der Waals surface area contributed by atoms with Gasteiger partial charge in [0, 0.05) is 59.8 Å². The van der Waals surface area contributed by atoms with Crippen LogP contribution in [0, 0.1) is 0 Å². The Hall–Kier alpha value is -3.91. The second-order valence-electron chi connectivity index (χ2n) is 16.5. The summed E-state index contributed by atoms with van der Waals surface area (Å²) in [7, 11) is 0. The Labute approximate surface area is 364 Å². The average molecular weight is 915 g/mol. The van der Waals surface area contributed by atoms with Crippen LogP contribution in [0.2, 0.25) is 0 Å². The molecular weight excluding hydrogens is 866 g/mol. The van der Waals surface area contributed by atoms with Gasteiger partial charge in [-0.3, -0.25) is 0 Å². The molecule has 10 rings (SSSR count). The molecule has 63 heavy (non-hydrogen) atoms. The summed E-state index contributed by atoms with van der Waals surface area (Å²) < 4.78 is 124. The third-order valence-electron chi connectivity index (χ3n) is 11.9. The SMILES string of the molecule is FC(F)(F)Oc1ccccc1-c1noc(C2CC2)c1CCl.FC(F)(F)Oc1ccccc1-c1noc(C2CC2)c1COC1CCC2(CC1)OCCO2.OC1CCC2(CC1)OCCO2. The van der Waals surface area contributed by atoms with E-state index in [0.717, 1.165) is 90.3 Å². The van der Waals surface area contributed by atoms with Gasteiger partial charge in [0.2, 0.25) is 0 Å². The van der Waals surface area contributed by atoms with E-state index in [4.69, 9.17) is 44.3 Å². The summed E-state index contributed by atoms with van der Waals surface area (Å²) in [6.45, 7) is 2.91. The molecule has 2 aliphatic heterocycles. The van der Waals surface area contributed by atoms with Gasteiger partial charge in [0.1, 0.15) is 34.4 Å². The lowest BCUT2D eigenvalue weighted by molar-refractivity contribution is -0.275. The molecule has 2 aromatic heterocycles. The van der Waals surface area contributed by atoms with E-state index >= 15 is 0 Å². The van der Waals surface area contributed by atoms with Gasteiger partial charge in [0.05, 0.1) is 51.1 Å². The average Bonchev–Trinajstić information content (AvgIpc) is 4.08. The lowest BCUT2D eigenvalue weighted by Crippen LogP contribution is -2.37. The van der Waals surface area contributed by atoms with E-state index in [0.29, 0.717) is 47.2 Å². The van der Waals surface area contributed by atoms with Gasteiger partial charge < -0.3 is 47.3 Å². The Morgan fingerprint density at radius 1 is 0.603 bits per heavy atom. The predicted octanol–water partition coefficient (Wildman–Crippen LogP) is 10.8. The maximum Gasteiger partial charge on any atom is 0.573 e. The Bertz CT molecular complexity index is 2110. The zero-order chi connectivity index (χ0) is 44.2. The van der Waals surface area contributed by atoms with Crippen molar-refractivity contribution >= 4 is 11.6 Å². The number of aromatic nitrogens is 2. The van der Waals surface area contributed by atoms with Gasteiger partial charge in [-0.25, -0.2) is 0 Å². The van der Waals surface area contributed by atoms with Gasteiger partial charge in [-0.2, -0.15) is 0 Å². The van der Waals surface area contributed by atoms with Crippen LogP contribution >= 0.6 is 11.6 Å². The van der Waals surface area contributed by atoms with Crippen molar-refractivity contribution < 1.29 is 73.7 Å². The highest BCUT2D eigenvalue weighted by Gasteiger charge is 2.42. The summed E-state index contributed by atoms with van der Waals surface area (Å²) in [5.41, 5.74) is 2.46. The number of ether oxygens (including phenoxy) is 7. The monoisotopic (exact) mass is 914 g/mol. The molecule has 0 atom stereocenters. The first-order valence-corrected chi connectivity index (χ1v) is 21.8.